The predicted octanol–water partition coefficient (Wildman–Crippen LogP) is 34.4. The largest absolute Gasteiger partial charge is 0.497 e. The van der Waals surface area contributed by atoms with E-state index in [9.17, 15) is 0 Å². The molecule has 22 aromatic carbocycles. The first kappa shape index (κ1) is 72.6. The topological polar surface area (TPSA) is 53.2 Å². The zero-order valence-electron chi connectivity index (χ0n) is 71.5. The second-order valence-electron chi connectivity index (χ2n) is 35.6. The number of methoxy groups -OCH3 is 1. The summed E-state index contributed by atoms with van der Waals surface area (Å²) in [6, 6.07) is 156. The maximum absolute atomic E-state index is 6.36. The minimum Gasteiger partial charge on any atom is -0.497 e. The predicted molar refractivity (Wildman–Crippen MR) is 557 cm³/mol. The van der Waals surface area contributed by atoms with E-state index in [0.29, 0.717) is 0 Å². The summed E-state index contributed by atoms with van der Waals surface area (Å²) in [4.78, 5) is 0. The van der Waals surface area contributed by atoms with E-state index in [-0.39, 0.29) is 0 Å². The van der Waals surface area contributed by atoms with Gasteiger partial charge in [-0.25, -0.2) is 0 Å². The Bertz CT molecular complexity index is 10400. The van der Waals surface area contributed by atoms with Crippen molar-refractivity contribution in [3.05, 3.63) is 431 Å². The highest BCUT2D eigenvalue weighted by molar-refractivity contribution is 6.30. The van der Waals surface area contributed by atoms with E-state index in [1.165, 1.54) is 234 Å². The van der Waals surface area contributed by atoms with E-state index in [1.807, 2.05) is 30.3 Å². The van der Waals surface area contributed by atoms with Crippen molar-refractivity contribution in [1.29, 1.82) is 0 Å². The summed E-state index contributed by atoms with van der Waals surface area (Å²) >= 11 is 0. The third-order valence-electron chi connectivity index (χ3n) is 28.7. The van der Waals surface area contributed by atoms with Crippen molar-refractivity contribution < 1.29 is 13.6 Å². The van der Waals surface area contributed by atoms with Gasteiger partial charge in [-0.15, -0.1) is 0 Å². The molecule has 0 aliphatic rings. The summed E-state index contributed by atoms with van der Waals surface area (Å²) in [6.45, 7) is 0. The van der Waals surface area contributed by atoms with Crippen LogP contribution in [-0.4, -0.2) is 24.7 Å². The Balaban J connectivity index is 0.0000000869. The fourth-order valence-corrected chi connectivity index (χ4v) is 22.7. The van der Waals surface area contributed by atoms with Gasteiger partial charge in [0.25, 0.3) is 0 Å². The lowest BCUT2D eigenvalue weighted by molar-refractivity contribution is 0.415. The molecular formula is C125H74N4O3. The fourth-order valence-electron chi connectivity index (χ4n) is 22.7. The molecule has 0 saturated carbocycles. The third-order valence-corrected chi connectivity index (χ3v) is 28.7. The number of ether oxygens (including phenoxy) is 1. The van der Waals surface area contributed by atoms with Gasteiger partial charge in [-0.2, -0.15) is 0 Å². The van der Waals surface area contributed by atoms with Crippen molar-refractivity contribution in [3.8, 4) is 50.3 Å². The molecule has 32 rings (SSSR count). The molecule has 132 heavy (non-hydrogen) atoms. The lowest BCUT2D eigenvalue weighted by atomic mass is 9.98. The first-order valence-corrected chi connectivity index (χ1v) is 45.3. The van der Waals surface area contributed by atoms with Crippen LogP contribution in [0.4, 0.5) is 0 Å². The molecule has 10 aromatic heterocycles. The molecule has 0 saturated heterocycles. The SMILES string of the molecule is COc1ccc2c(c1)c1cccc3c4cc5ccccc5cc4n2c13.c1ccc(-c2ccc(-c3ccc4c(c3)c3cccc5c6cc7ccccc7cc6n4c35)cc2)cc1.c1ccc2cc3c(cc2c1)c1cccc2c4cc(-c5ccc6oc7ccccc7c6c5)ccc4n3c21.c1ccc2cc3c(cc2c1)c1cccc2c4cc(-c5cccc6c5oc5ccccc56)ccc4n3c21. The Morgan fingerprint density at radius 1 is 0.167 bits per heavy atom. The van der Waals surface area contributed by atoms with Crippen molar-refractivity contribution in [2.75, 3.05) is 7.11 Å². The molecule has 612 valence electrons. The van der Waals surface area contributed by atoms with Gasteiger partial charge in [0.15, 0.2) is 0 Å². The maximum atomic E-state index is 6.36. The van der Waals surface area contributed by atoms with Crippen molar-refractivity contribution in [1.82, 2.24) is 17.6 Å². The van der Waals surface area contributed by atoms with Crippen LogP contribution in [0.1, 0.15) is 0 Å². The van der Waals surface area contributed by atoms with Crippen LogP contribution in [-0.2, 0) is 0 Å². The van der Waals surface area contributed by atoms with Gasteiger partial charge < -0.3 is 31.2 Å². The van der Waals surface area contributed by atoms with E-state index in [1.54, 1.807) is 7.11 Å². The van der Waals surface area contributed by atoms with Gasteiger partial charge >= 0.3 is 0 Å². The molecule has 10 heterocycles. The number of para-hydroxylation sites is 7. The number of benzene rings is 22. The third kappa shape index (κ3) is 10.6. The van der Waals surface area contributed by atoms with Crippen molar-refractivity contribution in [3.63, 3.8) is 0 Å². The second-order valence-corrected chi connectivity index (χ2v) is 35.6. The Morgan fingerprint density at radius 2 is 0.439 bits per heavy atom. The summed E-state index contributed by atoms with van der Waals surface area (Å²) in [5, 5.41) is 35.8. The minimum absolute atomic E-state index is 0.899. The smallest absolute Gasteiger partial charge is 0.143 e. The number of rotatable bonds is 5. The summed E-state index contributed by atoms with van der Waals surface area (Å²) in [6.07, 6.45) is 0. The van der Waals surface area contributed by atoms with Gasteiger partial charge in [0.2, 0.25) is 0 Å². The average Bonchev–Trinajstić information content (AvgIpc) is 1.56. The molecule has 0 N–H and O–H groups in total. The highest BCUT2D eigenvalue weighted by Crippen LogP contribution is 2.49. The lowest BCUT2D eigenvalue weighted by Crippen LogP contribution is -1.84. The van der Waals surface area contributed by atoms with E-state index in [0.717, 1.165) is 55.2 Å². The summed E-state index contributed by atoms with van der Waals surface area (Å²) in [7, 11) is 1.72. The zero-order chi connectivity index (χ0) is 86.2. The number of furan rings is 2. The van der Waals surface area contributed by atoms with Crippen LogP contribution in [0.15, 0.2) is 440 Å². The number of fused-ring (bicyclic) bond motifs is 34. The second kappa shape index (κ2) is 27.7. The van der Waals surface area contributed by atoms with E-state index >= 15 is 0 Å². The Labute approximate surface area is 753 Å². The van der Waals surface area contributed by atoms with Gasteiger partial charge in [-0.3, -0.25) is 0 Å². The van der Waals surface area contributed by atoms with Crippen LogP contribution in [0, 0.1) is 0 Å². The van der Waals surface area contributed by atoms with E-state index in [2.05, 4.69) is 418 Å². The van der Waals surface area contributed by atoms with Gasteiger partial charge in [-0.05, 0) is 209 Å². The molecule has 7 heteroatoms. The number of hydrogen-bond donors (Lipinski definition) is 0. The molecule has 0 aliphatic carbocycles. The lowest BCUT2D eigenvalue weighted by Gasteiger charge is -2.06. The minimum atomic E-state index is 0.899. The van der Waals surface area contributed by atoms with Crippen LogP contribution in [0.25, 0.3) is 284 Å². The molecule has 0 amide bonds. The molecule has 0 radical (unpaired) electrons. The van der Waals surface area contributed by atoms with Gasteiger partial charge in [0, 0.05) is 113 Å². The molecular weight excluding hydrogens is 1610 g/mol. The highest BCUT2D eigenvalue weighted by Gasteiger charge is 2.26. The summed E-state index contributed by atoms with van der Waals surface area (Å²) in [5.41, 5.74) is 28.8. The first-order valence-electron chi connectivity index (χ1n) is 45.3. The first-order chi connectivity index (χ1) is 65.4. The molecule has 0 unspecified atom stereocenters. The molecule has 0 bridgehead atoms. The van der Waals surface area contributed by atoms with Crippen LogP contribution in [0.3, 0.4) is 0 Å². The van der Waals surface area contributed by atoms with Crippen molar-refractivity contribution in [2.45, 2.75) is 0 Å². The highest BCUT2D eigenvalue weighted by atomic mass is 16.5. The van der Waals surface area contributed by atoms with Gasteiger partial charge in [-0.1, -0.05) is 303 Å². The van der Waals surface area contributed by atoms with Crippen molar-refractivity contribution in [2.24, 2.45) is 0 Å². The average molecular weight is 1680 g/mol. The number of hydrogen-bond acceptors (Lipinski definition) is 3. The summed E-state index contributed by atoms with van der Waals surface area (Å²) in [5.74, 6) is 0.899. The van der Waals surface area contributed by atoms with Gasteiger partial charge in [0.1, 0.15) is 28.1 Å². The fraction of sp³-hybridized carbons (Fsp3) is 0.00800. The monoisotopic (exact) mass is 1680 g/mol. The molecule has 7 nitrogen and oxygen atoms in total. The standard InChI is InChI=1S/2C34H19NO.C34H21N.C23H15NO/c1-2-8-21-19-31-29(17-20(21)7-1)26-12-6-11-25-28-18-22(15-16-30(28)35(31)33(25)26)23-10-5-13-27-24-9-3-4-14-32(24)36-34(23)27;1-2-7-21-19-31-28(16-20(21)6-1)26-10-5-9-25-27-17-22(12-14-30(27)35(31)34(25)26)23-13-15-33-29(18-23)24-8-3-4-11-32(24)36-33;1-2-7-22(8-3-1)23-13-15-24(16-14-23)27-17-18-32-30(20-27)28-11-6-12-29-31-19-25-9-4-5-10-26(25)21-33(31)35(32)34(28)29;1-25-16-9-10-21-20(13-16)18-8-4-7-17-19-11-14-5-2-3-6-15(14)12-22(19)24(21)23(17)18/h2*1-19H;1-21H;2-13H,1H3. The van der Waals surface area contributed by atoms with E-state index < -0.39 is 0 Å². The maximum Gasteiger partial charge on any atom is 0.143 e. The summed E-state index contributed by atoms with van der Waals surface area (Å²) < 4.78 is 27.6. The van der Waals surface area contributed by atoms with Crippen molar-refractivity contribution >= 4 is 239 Å². The zero-order valence-corrected chi connectivity index (χ0v) is 71.5. The van der Waals surface area contributed by atoms with Crippen LogP contribution in [0.2, 0.25) is 0 Å². The Hall–Kier alpha value is -17.5. The van der Waals surface area contributed by atoms with Gasteiger partial charge in [0.05, 0.1) is 73.3 Å². The molecule has 0 spiro atoms. The van der Waals surface area contributed by atoms with Crippen LogP contribution in [0.5, 0.6) is 5.75 Å². The molecule has 0 fully saturated rings. The quantitative estimate of drug-likeness (QED) is 0.173. The Morgan fingerprint density at radius 3 is 0.864 bits per heavy atom. The molecule has 0 atom stereocenters. The number of nitrogens with zero attached hydrogens (tertiary/aromatic N) is 4. The Kier molecular flexibility index (Phi) is 15.3. The number of aromatic nitrogens is 4. The van der Waals surface area contributed by atoms with Crippen LogP contribution >= 0.6 is 0 Å². The van der Waals surface area contributed by atoms with Crippen LogP contribution < -0.4 is 4.74 Å². The normalized spacial score (nSPS) is 12.3. The molecule has 0 aliphatic heterocycles. The van der Waals surface area contributed by atoms with E-state index in [4.69, 9.17) is 13.6 Å². The molecule has 32 aromatic rings.